The summed E-state index contributed by atoms with van der Waals surface area (Å²) in [4.78, 5) is 12.1. The Morgan fingerprint density at radius 1 is 1.14 bits per heavy atom. The number of carbonyl (C=O) groups excluding carboxylic acids is 1. The van der Waals surface area contributed by atoms with E-state index < -0.39 is 30.0 Å². The van der Waals surface area contributed by atoms with Gasteiger partial charge in [0.2, 0.25) is 0 Å². The maximum absolute atomic E-state index is 12.1. The second kappa shape index (κ2) is 8.90. The second-order valence-corrected chi connectivity index (χ2v) is 9.44. The highest BCUT2D eigenvalue weighted by atomic mass is 16.7. The number of carbonyl (C=O) groups is 1. The summed E-state index contributed by atoms with van der Waals surface area (Å²) in [7, 11) is -0.557. The molecule has 0 atom stereocenters. The summed E-state index contributed by atoms with van der Waals surface area (Å²) in [6, 6.07) is 8.18. The molecule has 7 heteroatoms. The third-order valence-corrected chi connectivity index (χ3v) is 5.16. The van der Waals surface area contributed by atoms with Gasteiger partial charge in [0, 0.05) is 6.54 Å². The fourth-order valence-electron chi connectivity index (χ4n) is 2.85. The Hall–Kier alpha value is -1.83. The molecule has 1 aromatic rings. The van der Waals surface area contributed by atoms with Gasteiger partial charge in [-0.2, -0.15) is 0 Å². The van der Waals surface area contributed by atoms with Crippen LogP contribution in [0.3, 0.4) is 0 Å². The fourth-order valence-corrected chi connectivity index (χ4v) is 2.85. The van der Waals surface area contributed by atoms with Crippen LogP contribution in [0.25, 0.3) is 6.08 Å². The van der Waals surface area contributed by atoms with Gasteiger partial charge in [0.05, 0.1) is 11.2 Å². The van der Waals surface area contributed by atoms with Crippen LogP contribution in [0.5, 0.6) is 0 Å². The van der Waals surface area contributed by atoms with Gasteiger partial charge in [0.1, 0.15) is 5.60 Å². The highest BCUT2D eigenvalue weighted by molar-refractivity contribution is 6.56. The third-order valence-electron chi connectivity index (χ3n) is 5.16. The zero-order valence-corrected chi connectivity index (χ0v) is 18.8. The highest BCUT2D eigenvalue weighted by Crippen LogP contribution is 2.38. The number of rotatable bonds is 6. The first-order valence-corrected chi connectivity index (χ1v) is 10.1. The number of ether oxygens (including phenoxy) is 1. The van der Waals surface area contributed by atoms with Crippen LogP contribution in [0.2, 0.25) is 0 Å². The molecule has 2 rings (SSSR count). The van der Waals surface area contributed by atoms with E-state index in [1.807, 2.05) is 66.7 Å². The quantitative estimate of drug-likeness (QED) is 0.709. The third kappa shape index (κ3) is 6.59. The van der Waals surface area contributed by atoms with E-state index in [9.17, 15) is 4.79 Å². The maximum Gasteiger partial charge on any atom is 0.492 e. The summed E-state index contributed by atoms with van der Waals surface area (Å²) in [5.74, 6) is 0. The van der Waals surface area contributed by atoms with Crippen LogP contribution in [0, 0.1) is 0 Å². The summed E-state index contributed by atoms with van der Waals surface area (Å²) in [6.07, 6.45) is 2.36. The van der Waals surface area contributed by atoms with Crippen LogP contribution in [0.15, 0.2) is 29.7 Å². The molecule has 0 saturated carbocycles. The molecular formula is C22H35BN2O4. The number of nitrogens with two attached hydrogens (primary N) is 1. The van der Waals surface area contributed by atoms with E-state index in [0.717, 1.165) is 17.5 Å². The van der Waals surface area contributed by atoms with E-state index >= 15 is 0 Å². The Labute approximate surface area is 175 Å². The van der Waals surface area contributed by atoms with Crippen LogP contribution >= 0.6 is 0 Å². The molecule has 0 radical (unpaired) electrons. The molecule has 1 aliphatic rings. The monoisotopic (exact) mass is 402 g/mol. The van der Waals surface area contributed by atoms with Crippen molar-refractivity contribution in [3.63, 3.8) is 0 Å². The van der Waals surface area contributed by atoms with Crippen LogP contribution in [-0.4, -0.2) is 43.1 Å². The van der Waals surface area contributed by atoms with Gasteiger partial charge < -0.3 is 25.1 Å². The van der Waals surface area contributed by atoms with Gasteiger partial charge in [0.15, 0.2) is 0 Å². The van der Waals surface area contributed by atoms with E-state index in [1.165, 1.54) is 5.56 Å². The van der Waals surface area contributed by atoms with Crippen LogP contribution in [0.1, 0.15) is 59.6 Å². The van der Waals surface area contributed by atoms with Crippen molar-refractivity contribution in [1.29, 1.82) is 0 Å². The Bertz CT molecular complexity index is 720. The lowest BCUT2D eigenvalue weighted by Gasteiger charge is -2.32. The molecule has 1 fully saturated rings. The Morgan fingerprint density at radius 2 is 1.69 bits per heavy atom. The molecule has 160 valence electrons. The first-order chi connectivity index (χ1) is 13.3. The van der Waals surface area contributed by atoms with Crippen molar-refractivity contribution in [2.75, 3.05) is 13.1 Å². The average Bonchev–Trinajstić information content (AvgIpc) is 2.79. The Balaban J connectivity index is 2.22. The minimum absolute atomic E-state index is 0.260. The van der Waals surface area contributed by atoms with Crippen LogP contribution < -0.4 is 11.1 Å². The summed E-state index contributed by atoms with van der Waals surface area (Å²) < 4.78 is 17.7. The molecule has 29 heavy (non-hydrogen) atoms. The number of amides is 1. The standard InChI is InChI=1S/C22H35BN2O4/c1-20(2,3)27-19(26)25-15-18(23-28-21(4,5)22(6,7)29-23)14-17-10-8-16(9-11-17)12-13-24/h8-11,14H,12-13,15,24H2,1-7H3,(H,25,26). The summed E-state index contributed by atoms with van der Waals surface area (Å²) in [5.41, 5.74) is 7.15. The highest BCUT2D eigenvalue weighted by Gasteiger charge is 2.52. The molecule has 6 nitrogen and oxygen atoms in total. The van der Waals surface area contributed by atoms with Crippen LogP contribution in [0.4, 0.5) is 4.79 Å². The lowest BCUT2D eigenvalue weighted by molar-refractivity contribution is 0.00578. The average molecular weight is 402 g/mol. The van der Waals surface area contributed by atoms with Crippen molar-refractivity contribution >= 4 is 19.3 Å². The molecule has 1 saturated heterocycles. The van der Waals surface area contributed by atoms with Crippen molar-refractivity contribution in [3.05, 3.63) is 40.9 Å². The molecular weight excluding hydrogens is 367 g/mol. The van der Waals surface area contributed by atoms with Gasteiger partial charge in [-0.15, -0.1) is 0 Å². The fraction of sp³-hybridized carbons (Fsp3) is 0.591. The van der Waals surface area contributed by atoms with Gasteiger partial charge in [-0.05, 0) is 78.0 Å². The molecule has 0 bridgehead atoms. The summed E-state index contributed by atoms with van der Waals surface area (Å²) in [5, 5.41) is 2.82. The number of benzene rings is 1. The predicted octanol–water partition coefficient (Wildman–Crippen LogP) is 3.73. The van der Waals surface area contributed by atoms with Crippen molar-refractivity contribution in [2.45, 2.75) is 71.7 Å². The van der Waals surface area contributed by atoms with Crippen LogP contribution in [-0.2, 0) is 20.5 Å². The number of hydrogen-bond donors (Lipinski definition) is 2. The molecule has 1 heterocycles. The minimum atomic E-state index is -0.558. The molecule has 1 amide bonds. The van der Waals surface area contributed by atoms with Crippen molar-refractivity contribution < 1.29 is 18.8 Å². The minimum Gasteiger partial charge on any atom is -0.444 e. The van der Waals surface area contributed by atoms with E-state index in [2.05, 4.69) is 17.4 Å². The lowest BCUT2D eigenvalue weighted by Crippen LogP contribution is -2.41. The lowest BCUT2D eigenvalue weighted by atomic mass is 9.77. The number of alkyl carbamates (subject to hydrolysis) is 1. The SMILES string of the molecule is CC(C)(C)OC(=O)NCC(=Cc1ccc(CCN)cc1)B1OC(C)(C)C(C)(C)O1. The molecule has 0 spiro atoms. The van der Waals surface area contributed by atoms with Gasteiger partial charge in [-0.3, -0.25) is 0 Å². The first kappa shape index (κ1) is 23.5. The van der Waals surface area contributed by atoms with Gasteiger partial charge in [-0.25, -0.2) is 4.79 Å². The molecule has 3 N–H and O–H groups in total. The van der Waals surface area contributed by atoms with E-state index in [0.29, 0.717) is 6.54 Å². The molecule has 0 aromatic heterocycles. The normalized spacial score (nSPS) is 18.6. The topological polar surface area (TPSA) is 82.8 Å². The van der Waals surface area contributed by atoms with Gasteiger partial charge in [-0.1, -0.05) is 30.3 Å². The zero-order valence-electron chi connectivity index (χ0n) is 18.8. The largest absolute Gasteiger partial charge is 0.492 e. The second-order valence-electron chi connectivity index (χ2n) is 9.44. The zero-order chi connectivity index (χ0) is 21.9. The van der Waals surface area contributed by atoms with E-state index in [4.69, 9.17) is 19.8 Å². The van der Waals surface area contributed by atoms with Crippen molar-refractivity contribution in [2.24, 2.45) is 5.73 Å². The molecule has 0 unspecified atom stereocenters. The van der Waals surface area contributed by atoms with Crippen molar-refractivity contribution in [1.82, 2.24) is 5.32 Å². The van der Waals surface area contributed by atoms with Gasteiger partial charge in [0.25, 0.3) is 0 Å². The maximum atomic E-state index is 12.1. The Kier molecular flexibility index (Phi) is 7.20. The predicted molar refractivity (Wildman–Crippen MR) is 117 cm³/mol. The smallest absolute Gasteiger partial charge is 0.444 e. The summed E-state index contributed by atoms with van der Waals surface area (Å²) >= 11 is 0. The Morgan fingerprint density at radius 3 is 2.17 bits per heavy atom. The first-order valence-electron chi connectivity index (χ1n) is 10.1. The van der Waals surface area contributed by atoms with Gasteiger partial charge >= 0.3 is 13.2 Å². The number of hydrogen-bond acceptors (Lipinski definition) is 5. The number of nitrogens with one attached hydrogen (secondary N) is 1. The summed E-state index contributed by atoms with van der Waals surface area (Å²) in [6.45, 7) is 14.4. The molecule has 1 aromatic carbocycles. The van der Waals surface area contributed by atoms with Crippen molar-refractivity contribution in [3.8, 4) is 0 Å². The molecule has 0 aliphatic carbocycles. The van der Waals surface area contributed by atoms with E-state index in [1.54, 1.807) is 0 Å². The van der Waals surface area contributed by atoms with E-state index in [-0.39, 0.29) is 6.54 Å². The molecule has 1 aliphatic heterocycles.